The lowest BCUT2D eigenvalue weighted by atomic mass is 10.1. The van der Waals surface area contributed by atoms with E-state index in [1.807, 2.05) is 6.07 Å². The fourth-order valence-electron chi connectivity index (χ4n) is 2.82. The maximum Gasteiger partial charge on any atom is 0.255 e. The Balaban J connectivity index is 1.74. The van der Waals surface area contributed by atoms with E-state index >= 15 is 0 Å². The van der Waals surface area contributed by atoms with Crippen LogP contribution in [0.4, 0.5) is 20.2 Å². The number of hydrogen-bond acceptors (Lipinski definition) is 2. The molecule has 0 atom stereocenters. The summed E-state index contributed by atoms with van der Waals surface area (Å²) >= 11 is 6.34. The minimum Gasteiger partial charge on any atom is -0.370 e. The van der Waals surface area contributed by atoms with Gasteiger partial charge in [-0.2, -0.15) is 0 Å². The average molecular weight is 351 g/mol. The number of halogens is 3. The van der Waals surface area contributed by atoms with Crippen LogP contribution in [0.2, 0.25) is 5.02 Å². The second kappa shape index (κ2) is 7.18. The number of nitrogens with zero attached hydrogens (tertiary/aromatic N) is 1. The van der Waals surface area contributed by atoms with Crippen LogP contribution in [0.1, 0.15) is 29.6 Å². The molecule has 1 heterocycles. The minimum absolute atomic E-state index is 0.0464. The van der Waals surface area contributed by atoms with Gasteiger partial charge in [-0.05, 0) is 55.7 Å². The first-order valence-corrected chi connectivity index (χ1v) is 8.23. The first kappa shape index (κ1) is 16.7. The smallest absolute Gasteiger partial charge is 0.255 e. The highest BCUT2D eigenvalue weighted by atomic mass is 35.5. The molecule has 0 spiro atoms. The molecule has 2 aromatic carbocycles. The van der Waals surface area contributed by atoms with Crippen molar-refractivity contribution in [3.8, 4) is 0 Å². The van der Waals surface area contributed by atoms with E-state index in [4.69, 9.17) is 11.6 Å². The Hall–Kier alpha value is -2.14. The van der Waals surface area contributed by atoms with Crippen LogP contribution in [-0.4, -0.2) is 19.0 Å². The Morgan fingerprint density at radius 2 is 1.75 bits per heavy atom. The van der Waals surface area contributed by atoms with Crippen molar-refractivity contribution in [2.75, 3.05) is 23.3 Å². The fourth-order valence-corrected chi connectivity index (χ4v) is 3.12. The second-order valence-corrected chi connectivity index (χ2v) is 6.20. The largest absolute Gasteiger partial charge is 0.370 e. The van der Waals surface area contributed by atoms with E-state index in [1.165, 1.54) is 12.5 Å². The molecule has 1 aliphatic heterocycles. The highest BCUT2D eigenvalue weighted by Crippen LogP contribution is 2.31. The number of amides is 1. The van der Waals surface area contributed by atoms with E-state index in [0.717, 1.165) is 43.8 Å². The van der Waals surface area contributed by atoms with Gasteiger partial charge in [-0.15, -0.1) is 0 Å². The fraction of sp³-hybridized carbons (Fsp3) is 0.278. The molecule has 126 valence electrons. The molecule has 1 fully saturated rings. The molecule has 1 aliphatic rings. The summed E-state index contributed by atoms with van der Waals surface area (Å²) in [6.45, 7) is 1.95. The van der Waals surface area contributed by atoms with Crippen LogP contribution in [0.25, 0.3) is 0 Å². The zero-order chi connectivity index (χ0) is 17.1. The van der Waals surface area contributed by atoms with Gasteiger partial charge in [0.05, 0.1) is 10.7 Å². The summed E-state index contributed by atoms with van der Waals surface area (Å²) in [7, 11) is 0. The monoisotopic (exact) mass is 350 g/mol. The van der Waals surface area contributed by atoms with Gasteiger partial charge < -0.3 is 10.2 Å². The van der Waals surface area contributed by atoms with Crippen molar-refractivity contribution in [1.29, 1.82) is 0 Å². The molecule has 0 aliphatic carbocycles. The number of nitrogens with one attached hydrogen (secondary N) is 1. The molecule has 3 rings (SSSR count). The summed E-state index contributed by atoms with van der Waals surface area (Å²) in [6.07, 6.45) is 3.52. The quantitative estimate of drug-likeness (QED) is 0.857. The molecule has 1 amide bonds. The summed E-state index contributed by atoms with van der Waals surface area (Å²) < 4.78 is 26.2. The standard InChI is InChI=1S/C18H17ClF2N2O/c19-14-11-13(5-7-17(14)23-8-2-1-3-9-23)22-18(24)12-4-6-15(20)16(21)10-12/h4-7,10-11H,1-3,8-9H2,(H,22,24). The highest BCUT2D eigenvalue weighted by molar-refractivity contribution is 6.33. The number of hydrogen-bond donors (Lipinski definition) is 1. The molecule has 1 saturated heterocycles. The topological polar surface area (TPSA) is 32.3 Å². The lowest BCUT2D eigenvalue weighted by molar-refractivity contribution is 0.102. The molecule has 0 saturated carbocycles. The van der Waals surface area contributed by atoms with Crippen molar-refractivity contribution in [1.82, 2.24) is 0 Å². The van der Waals surface area contributed by atoms with Crippen molar-refractivity contribution >= 4 is 28.9 Å². The lowest BCUT2D eigenvalue weighted by Gasteiger charge is -2.29. The summed E-state index contributed by atoms with van der Waals surface area (Å²) in [6, 6.07) is 8.33. The number of rotatable bonds is 3. The van der Waals surface area contributed by atoms with Gasteiger partial charge in [0.1, 0.15) is 0 Å². The van der Waals surface area contributed by atoms with Crippen LogP contribution >= 0.6 is 11.6 Å². The molecule has 3 nitrogen and oxygen atoms in total. The van der Waals surface area contributed by atoms with Crippen LogP contribution in [0.3, 0.4) is 0 Å². The molecule has 0 bridgehead atoms. The van der Waals surface area contributed by atoms with Crippen LogP contribution in [0.5, 0.6) is 0 Å². The molecule has 0 unspecified atom stereocenters. The lowest BCUT2D eigenvalue weighted by Crippen LogP contribution is -2.29. The predicted molar refractivity (Wildman–Crippen MR) is 91.8 cm³/mol. The van der Waals surface area contributed by atoms with E-state index in [2.05, 4.69) is 10.2 Å². The van der Waals surface area contributed by atoms with E-state index in [-0.39, 0.29) is 5.56 Å². The zero-order valence-electron chi connectivity index (χ0n) is 13.0. The SMILES string of the molecule is O=C(Nc1ccc(N2CCCCC2)c(Cl)c1)c1ccc(F)c(F)c1. The maximum atomic E-state index is 13.2. The zero-order valence-corrected chi connectivity index (χ0v) is 13.7. The predicted octanol–water partition coefficient (Wildman–Crippen LogP) is 4.86. The molecule has 6 heteroatoms. The second-order valence-electron chi connectivity index (χ2n) is 5.80. The van der Waals surface area contributed by atoms with E-state index in [1.54, 1.807) is 12.1 Å². The Morgan fingerprint density at radius 1 is 1.00 bits per heavy atom. The summed E-state index contributed by atoms with van der Waals surface area (Å²) in [4.78, 5) is 14.4. The first-order valence-electron chi connectivity index (χ1n) is 7.85. The van der Waals surface area contributed by atoms with E-state index in [0.29, 0.717) is 10.7 Å². The highest BCUT2D eigenvalue weighted by Gasteiger charge is 2.15. The maximum absolute atomic E-state index is 13.2. The summed E-state index contributed by atoms with van der Waals surface area (Å²) in [5.41, 5.74) is 1.50. The number of carbonyl (C=O) groups is 1. The third kappa shape index (κ3) is 3.67. The van der Waals surface area contributed by atoms with Gasteiger partial charge in [0, 0.05) is 24.3 Å². The molecule has 0 radical (unpaired) electrons. The summed E-state index contributed by atoms with van der Waals surface area (Å²) in [5.74, 6) is -2.56. The Labute approximate surface area is 144 Å². The number of piperidine rings is 1. The molecule has 1 N–H and O–H groups in total. The first-order chi connectivity index (χ1) is 11.5. The Kier molecular flexibility index (Phi) is 5.00. The molecular weight excluding hydrogens is 334 g/mol. The van der Waals surface area contributed by atoms with Crippen molar-refractivity contribution in [3.05, 3.63) is 58.6 Å². The third-order valence-electron chi connectivity index (χ3n) is 4.08. The minimum atomic E-state index is -1.05. The van der Waals surface area contributed by atoms with Crippen LogP contribution in [-0.2, 0) is 0 Å². The van der Waals surface area contributed by atoms with Gasteiger partial charge >= 0.3 is 0 Å². The Bertz CT molecular complexity index is 761. The van der Waals surface area contributed by atoms with Gasteiger partial charge in [0.15, 0.2) is 11.6 Å². The number of anilines is 2. The summed E-state index contributed by atoms with van der Waals surface area (Å²) in [5, 5.41) is 3.20. The third-order valence-corrected chi connectivity index (χ3v) is 4.39. The normalized spacial score (nSPS) is 14.5. The van der Waals surface area contributed by atoms with E-state index in [9.17, 15) is 13.6 Å². The number of carbonyl (C=O) groups excluding carboxylic acids is 1. The average Bonchev–Trinajstić information content (AvgIpc) is 2.58. The van der Waals surface area contributed by atoms with Crippen molar-refractivity contribution in [2.45, 2.75) is 19.3 Å². The van der Waals surface area contributed by atoms with Crippen molar-refractivity contribution in [2.24, 2.45) is 0 Å². The van der Waals surface area contributed by atoms with Gasteiger partial charge in [-0.25, -0.2) is 8.78 Å². The molecule has 0 aromatic heterocycles. The number of benzene rings is 2. The molecular formula is C18H17ClF2N2O. The van der Waals surface area contributed by atoms with Crippen LogP contribution in [0.15, 0.2) is 36.4 Å². The van der Waals surface area contributed by atoms with Gasteiger partial charge in [-0.1, -0.05) is 11.6 Å². The van der Waals surface area contributed by atoms with Gasteiger partial charge in [0.2, 0.25) is 0 Å². The Morgan fingerprint density at radius 3 is 2.42 bits per heavy atom. The van der Waals surface area contributed by atoms with Crippen LogP contribution in [0, 0.1) is 11.6 Å². The molecule has 2 aromatic rings. The van der Waals surface area contributed by atoms with Crippen molar-refractivity contribution in [3.63, 3.8) is 0 Å². The molecule has 24 heavy (non-hydrogen) atoms. The van der Waals surface area contributed by atoms with E-state index < -0.39 is 17.5 Å². The van der Waals surface area contributed by atoms with Gasteiger partial charge in [-0.3, -0.25) is 4.79 Å². The van der Waals surface area contributed by atoms with Crippen molar-refractivity contribution < 1.29 is 13.6 Å². The van der Waals surface area contributed by atoms with Gasteiger partial charge in [0.25, 0.3) is 5.91 Å². The van der Waals surface area contributed by atoms with Crippen LogP contribution < -0.4 is 10.2 Å².